The molecule has 7 heteroatoms. The molecule has 2 aliphatic heterocycles. The quantitative estimate of drug-likeness (QED) is 0.735. The molecule has 158 valence electrons. The molecule has 4 rings (SSSR count). The highest BCUT2D eigenvalue weighted by atomic mass is 35.5. The number of amides is 2. The van der Waals surface area contributed by atoms with Crippen LogP contribution in [0.25, 0.3) is 0 Å². The minimum absolute atomic E-state index is 0.0290. The molecule has 2 amide bonds. The van der Waals surface area contributed by atoms with Gasteiger partial charge in [-0.2, -0.15) is 0 Å². The maximum atomic E-state index is 12.7. The van der Waals surface area contributed by atoms with E-state index in [9.17, 15) is 9.59 Å². The lowest BCUT2D eigenvalue weighted by Gasteiger charge is -2.35. The maximum absolute atomic E-state index is 12.7. The van der Waals surface area contributed by atoms with Crippen molar-refractivity contribution in [3.63, 3.8) is 0 Å². The number of carbonyl (C=O) groups excluding carboxylic acids is 2. The van der Waals surface area contributed by atoms with Gasteiger partial charge in [-0.15, -0.1) is 0 Å². The summed E-state index contributed by atoms with van der Waals surface area (Å²) < 4.78 is 5.60. The van der Waals surface area contributed by atoms with E-state index in [-0.39, 0.29) is 24.7 Å². The average molecular weight is 428 g/mol. The van der Waals surface area contributed by atoms with E-state index in [0.29, 0.717) is 26.2 Å². The van der Waals surface area contributed by atoms with E-state index in [1.165, 1.54) is 5.56 Å². The minimum atomic E-state index is -0.0290. The Morgan fingerprint density at radius 2 is 1.67 bits per heavy atom. The standard InChI is InChI=1S/C23H26ClN3O3/c24-19-5-3-4-18(16-19)17-25-10-12-26(13-11-25)22(28)8-9-23(29)27-14-15-30-21-7-2-1-6-20(21)27/h1-7,16H,8-15,17H2. The predicted molar refractivity (Wildman–Crippen MR) is 117 cm³/mol. The Bertz CT molecular complexity index is 912. The summed E-state index contributed by atoms with van der Waals surface area (Å²) in [6, 6.07) is 15.4. The highest BCUT2D eigenvalue weighted by Crippen LogP contribution is 2.31. The van der Waals surface area contributed by atoms with E-state index in [1.54, 1.807) is 4.90 Å². The largest absolute Gasteiger partial charge is 0.490 e. The van der Waals surface area contributed by atoms with Crippen molar-refractivity contribution in [2.45, 2.75) is 19.4 Å². The van der Waals surface area contributed by atoms with Crippen LogP contribution in [0.2, 0.25) is 5.02 Å². The zero-order chi connectivity index (χ0) is 20.9. The zero-order valence-corrected chi connectivity index (χ0v) is 17.7. The average Bonchev–Trinajstić information content (AvgIpc) is 2.77. The topological polar surface area (TPSA) is 53.1 Å². The summed E-state index contributed by atoms with van der Waals surface area (Å²) in [5.74, 6) is 0.741. The van der Waals surface area contributed by atoms with Gasteiger partial charge in [0.2, 0.25) is 11.8 Å². The number of piperazine rings is 1. The van der Waals surface area contributed by atoms with Gasteiger partial charge < -0.3 is 14.5 Å². The van der Waals surface area contributed by atoms with Crippen LogP contribution in [0.1, 0.15) is 18.4 Å². The number of carbonyl (C=O) groups is 2. The van der Waals surface area contributed by atoms with E-state index in [4.69, 9.17) is 16.3 Å². The Kier molecular flexibility index (Phi) is 6.55. The van der Waals surface area contributed by atoms with Crippen LogP contribution in [0.3, 0.4) is 0 Å². The van der Waals surface area contributed by atoms with Gasteiger partial charge in [0.15, 0.2) is 0 Å². The molecule has 30 heavy (non-hydrogen) atoms. The fourth-order valence-corrected chi connectivity index (χ4v) is 4.20. The fraction of sp³-hybridized carbons (Fsp3) is 0.391. The molecule has 2 heterocycles. The first-order valence-corrected chi connectivity index (χ1v) is 10.7. The van der Waals surface area contributed by atoms with Crippen LogP contribution in [-0.2, 0) is 16.1 Å². The molecule has 1 fully saturated rings. The number of anilines is 1. The summed E-state index contributed by atoms with van der Waals surface area (Å²) in [5.41, 5.74) is 1.97. The Balaban J connectivity index is 1.24. The third-order valence-electron chi connectivity index (χ3n) is 5.60. The molecule has 0 aliphatic carbocycles. The number of hydrogen-bond acceptors (Lipinski definition) is 4. The van der Waals surface area contributed by atoms with Gasteiger partial charge in [0, 0.05) is 50.6 Å². The van der Waals surface area contributed by atoms with Gasteiger partial charge in [-0.1, -0.05) is 35.9 Å². The normalized spacial score (nSPS) is 16.7. The van der Waals surface area contributed by atoms with Gasteiger partial charge in [0.25, 0.3) is 0 Å². The smallest absolute Gasteiger partial charge is 0.227 e. The van der Waals surface area contributed by atoms with E-state index >= 15 is 0 Å². The van der Waals surface area contributed by atoms with Crippen LogP contribution < -0.4 is 9.64 Å². The monoisotopic (exact) mass is 427 g/mol. The molecule has 0 bridgehead atoms. The number of hydrogen-bond donors (Lipinski definition) is 0. The minimum Gasteiger partial charge on any atom is -0.490 e. The number of rotatable bonds is 5. The summed E-state index contributed by atoms with van der Waals surface area (Å²) in [4.78, 5) is 31.3. The molecule has 2 aliphatic rings. The second-order valence-electron chi connectivity index (χ2n) is 7.65. The fourth-order valence-electron chi connectivity index (χ4n) is 3.98. The molecule has 0 spiro atoms. The van der Waals surface area contributed by atoms with Crippen molar-refractivity contribution in [2.24, 2.45) is 0 Å². The highest BCUT2D eigenvalue weighted by Gasteiger charge is 2.25. The van der Waals surface area contributed by atoms with E-state index in [1.807, 2.05) is 47.4 Å². The molecule has 6 nitrogen and oxygen atoms in total. The van der Waals surface area contributed by atoms with Gasteiger partial charge in [-0.25, -0.2) is 0 Å². The lowest BCUT2D eigenvalue weighted by Crippen LogP contribution is -2.48. The van der Waals surface area contributed by atoms with Crippen LogP contribution in [-0.4, -0.2) is 60.9 Å². The van der Waals surface area contributed by atoms with Gasteiger partial charge in [0.1, 0.15) is 12.4 Å². The van der Waals surface area contributed by atoms with Crippen LogP contribution >= 0.6 is 11.6 Å². The molecule has 0 N–H and O–H groups in total. The van der Waals surface area contributed by atoms with E-state index < -0.39 is 0 Å². The van der Waals surface area contributed by atoms with Crippen molar-refractivity contribution >= 4 is 29.1 Å². The molecule has 0 radical (unpaired) electrons. The van der Waals surface area contributed by atoms with Crippen LogP contribution in [0, 0.1) is 0 Å². The first kappa shape index (κ1) is 20.7. The van der Waals surface area contributed by atoms with Gasteiger partial charge >= 0.3 is 0 Å². The first-order chi connectivity index (χ1) is 14.6. The molecule has 0 aromatic heterocycles. The van der Waals surface area contributed by atoms with Gasteiger partial charge in [0.05, 0.1) is 12.2 Å². The summed E-state index contributed by atoms with van der Waals surface area (Å²) in [6.45, 7) is 4.85. The summed E-state index contributed by atoms with van der Waals surface area (Å²) in [7, 11) is 0. The zero-order valence-electron chi connectivity index (χ0n) is 16.9. The van der Waals surface area contributed by atoms with Crippen molar-refractivity contribution in [2.75, 3.05) is 44.2 Å². The Hall–Kier alpha value is -2.57. The number of halogens is 1. The number of nitrogens with zero attached hydrogens (tertiary/aromatic N) is 3. The lowest BCUT2D eigenvalue weighted by molar-refractivity contribution is -0.134. The third-order valence-corrected chi connectivity index (χ3v) is 5.84. The molecule has 0 saturated carbocycles. The molecule has 2 aromatic carbocycles. The van der Waals surface area contributed by atoms with Crippen LogP contribution in [0.4, 0.5) is 5.69 Å². The Labute approximate surface area is 182 Å². The predicted octanol–water partition coefficient (Wildman–Crippen LogP) is 3.19. The second-order valence-corrected chi connectivity index (χ2v) is 8.08. The molecule has 0 unspecified atom stereocenters. The number of fused-ring (bicyclic) bond motifs is 1. The Morgan fingerprint density at radius 1 is 0.900 bits per heavy atom. The van der Waals surface area contributed by atoms with Crippen LogP contribution in [0.5, 0.6) is 5.75 Å². The van der Waals surface area contributed by atoms with E-state index in [0.717, 1.165) is 36.1 Å². The molecule has 0 atom stereocenters. The van der Waals surface area contributed by atoms with Crippen molar-refractivity contribution in [1.29, 1.82) is 0 Å². The molecule has 1 saturated heterocycles. The molecular formula is C23H26ClN3O3. The third kappa shape index (κ3) is 4.94. The van der Waals surface area contributed by atoms with Crippen LogP contribution in [0.15, 0.2) is 48.5 Å². The Morgan fingerprint density at radius 3 is 2.47 bits per heavy atom. The van der Waals surface area contributed by atoms with Gasteiger partial charge in [-0.05, 0) is 29.8 Å². The molecule has 2 aromatic rings. The maximum Gasteiger partial charge on any atom is 0.227 e. The van der Waals surface area contributed by atoms with Crippen molar-refractivity contribution in [1.82, 2.24) is 9.80 Å². The summed E-state index contributed by atoms with van der Waals surface area (Å²) in [6.07, 6.45) is 0.461. The first-order valence-electron chi connectivity index (χ1n) is 10.4. The second kappa shape index (κ2) is 9.49. The van der Waals surface area contributed by atoms with Crippen molar-refractivity contribution in [3.05, 3.63) is 59.1 Å². The lowest BCUT2D eigenvalue weighted by atomic mass is 10.1. The summed E-state index contributed by atoms with van der Waals surface area (Å²) >= 11 is 6.06. The van der Waals surface area contributed by atoms with Crippen molar-refractivity contribution in [3.8, 4) is 5.75 Å². The number of benzene rings is 2. The number of para-hydroxylation sites is 2. The SMILES string of the molecule is O=C(CCC(=O)N1CCOc2ccccc21)N1CCN(Cc2cccc(Cl)c2)CC1. The van der Waals surface area contributed by atoms with Crippen molar-refractivity contribution < 1.29 is 14.3 Å². The highest BCUT2D eigenvalue weighted by molar-refractivity contribution is 6.30. The van der Waals surface area contributed by atoms with E-state index in [2.05, 4.69) is 11.0 Å². The number of ether oxygens (including phenoxy) is 1. The summed E-state index contributed by atoms with van der Waals surface area (Å²) in [5, 5.41) is 0.744. The molecular weight excluding hydrogens is 402 g/mol. The van der Waals surface area contributed by atoms with Gasteiger partial charge in [-0.3, -0.25) is 14.5 Å².